The van der Waals surface area contributed by atoms with Crippen LogP contribution < -0.4 is 10.9 Å². The van der Waals surface area contributed by atoms with E-state index in [0.717, 1.165) is 36.9 Å². The van der Waals surface area contributed by atoms with Crippen molar-refractivity contribution in [3.05, 3.63) is 40.3 Å². The van der Waals surface area contributed by atoms with E-state index >= 15 is 0 Å². The summed E-state index contributed by atoms with van der Waals surface area (Å²) in [6, 6.07) is 5.75. The molecule has 1 aliphatic rings. The standard InChI is InChI=1S/C18H21N3O2/c22-10-3-1-2-5-14-7-8-17-15(11-14)12-20-21(18(17)23)16-6-4-9-19-13-16/h7-8,11-12,16,19,22H,1,3-4,6,9-10,13H2. The lowest BCUT2D eigenvalue weighted by molar-refractivity contribution is 0.290. The number of aromatic nitrogens is 2. The average molecular weight is 311 g/mol. The fourth-order valence-corrected chi connectivity index (χ4v) is 2.88. The fourth-order valence-electron chi connectivity index (χ4n) is 2.88. The Kier molecular flexibility index (Phi) is 5.06. The molecule has 5 heteroatoms. The first-order chi connectivity index (χ1) is 11.3. The number of hydrogen-bond donors (Lipinski definition) is 2. The van der Waals surface area contributed by atoms with Gasteiger partial charge in [-0.2, -0.15) is 5.10 Å². The number of aliphatic hydroxyl groups is 1. The highest BCUT2D eigenvalue weighted by molar-refractivity contribution is 5.82. The summed E-state index contributed by atoms with van der Waals surface area (Å²) in [7, 11) is 0. The van der Waals surface area contributed by atoms with Crippen molar-refractivity contribution in [1.29, 1.82) is 0 Å². The summed E-state index contributed by atoms with van der Waals surface area (Å²) in [5.41, 5.74) is 0.838. The predicted octanol–water partition coefficient (Wildman–Crippen LogP) is 1.44. The van der Waals surface area contributed by atoms with E-state index in [4.69, 9.17) is 5.11 Å². The Morgan fingerprint density at radius 2 is 2.35 bits per heavy atom. The lowest BCUT2D eigenvalue weighted by Gasteiger charge is -2.23. The van der Waals surface area contributed by atoms with E-state index in [1.54, 1.807) is 10.9 Å². The highest BCUT2D eigenvalue weighted by atomic mass is 16.2. The number of unbranched alkanes of at least 4 members (excludes halogenated alkanes) is 1. The van der Waals surface area contributed by atoms with E-state index in [2.05, 4.69) is 22.3 Å². The molecule has 1 aromatic heterocycles. The maximum Gasteiger partial charge on any atom is 0.274 e. The summed E-state index contributed by atoms with van der Waals surface area (Å²) in [4.78, 5) is 12.6. The van der Waals surface area contributed by atoms with Crippen LogP contribution in [0.2, 0.25) is 0 Å². The Hall–Kier alpha value is -2.16. The van der Waals surface area contributed by atoms with E-state index in [1.165, 1.54) is 0 Å². The Balaban J connectivity index is 1.89. The van der Waals surface area contributed by atoms with Crippen molar-refractivity contribution in [3.8, 4) is 11.8 Å². The molecule has 0 bridgehead atoms. The van der Waals surface area contributed by atoms with Crippen LogP contribution in [0, 0.1) is 11.8 Å². The second-order valence-electron chi connectivity index (χ2n) is 5.83. The molecule has 0 amide bonds. The Morgan fingerprint density at radius 1 is 1.43 bits per heavy atom. The number of fused-ring (bicyclic) bond motifs is 1. The minimum Gasteiger partial charge on any atom is -0.396 e. The number of hydrogen-bond acceptors (Lipinski definition) is 4. The van der Waals surface area contributed by atoms with Crippen molar-refractivity contribution >= 4 is 10.8 Å². The molecular formula is C18H21N3O2. The molecule has 1 aromatic carbocycles. The molecule has 1 fully saturated rings. The van der Waals surface area contributed by atoms with Crippen molar-refractivity contribution < 1.29 is 5.11 Å². The second-order valence-corrected chi connectivity index (χ2v) is 5.83. The summed E-state index contributed by atoms with van der Waals surface area (Å²) in [5, 5.41) is 17.9. The SMILES string of the molecule is O=c1c2ccc(C#CCCCO)cc2cnn1C1CCCNC1. The van der Waals surface area contributed by atoms with Gasteiger partial charge in [-0.1, -0.05) is 11.8 Å². The smallest absolute Gasteiger partial charge is 0.274 e. The molecule has 0 radical (unpaired) electrons. The molecule has 5 nitrogen and oxygen atoms in total. The molecule has 3 rings (SSSR count). The monoisotopic (exact) mass is 311 g/mol. The highest BCUT2D eigenvalue weighted by Crippen LogP contribution is 2.16. The number of nitrogens with zero attached hydrogens (tertiary/aromatic N) is 2. The minimum atomic E-state index is -0.0315. The van der Waals surface area contributed by atoms with Crippen molar-refractivity contribution in [2.24, 2.45) is 0 Å². The third-order valence-electron chi connectivity index (χ3n) is 4.12. The first kappa shape index (κ1) is 15.7. The summed E-state index contributed by atoms with van der Waals surface area (Å²) < 4.78 is 1.61. The van der Waals surface area contributed by atoms with Gasteiger partial charge in [-0.05, 0) is 44.0 Å². The largest absolute Gasteiger partial charge is 0.396 e. The lowest BCUT2D eigenvalue weighted by atomic mass is 10.1. The molecule has 1 atom stereocenters. The second kappa shape index (κ2) is 7.40. The molecule has 2 N–H and O–H groups in total. The van der Waals surface area contributed by atoms with Gasteiger partial charge in [0.2, 0.25) is 0 Å². The molecule has 0 spiro atoms. The number of piperidine rings is 1. The number of nitrogens with one attached hydrogen (secondary N) is 1. The number of rotatable bonds is 3. The van der Waals surface area contributed by atoms with Gasteiger partial charge in [0.25, 0.3) is 5.56 Å². The van der Waals surface area contributed by atoms with Crippen LogP contribution in [0.5, 0.6) is 0 Å². The van der Waals surface area contributed by atoms with Crippen LogP contribution in [0.3, 0.4) is 0 Å². The van der Waals surface area contributed by atoms with Crippen LogP contribution >= 0.6 is 0 Å². The van der Waals surface area contributed by atoms with Crippen molar-refractivity contribution in [3.63, 3.8) is 0 Å². The average Bonchev–Trinajstić information content (AvgIpc) is 2.60. The van der Waals surface area contributed by atoms with Crippen LogP contribution in [0.4, 0.5) is 0 Å². The predicted molar refractivity (Wildman–Crippen MR) is 90.3 cm³/mol. The van der Waals surface area contributed by atoms with E-state index in [-0.39, 0.29) is 18.2 Å². The summed E-state index contributed by atoms with van der Waals surface area (Å²) in [5.74, 6) is 6.08. The highest BCUT2D eigenvalue weighted by Gasteiger charge is 2.17. The molecule has 1 saturated heterocycles. The maximum absolute atomic E-state index is 12.6. The Labute approximate surface area is 135 Å². The molecular weight excluding hydrogens is 290 g/mol. The van der Waals surface area contributed by atoms with Gasteiger partial charge in [-0.3, -0.25) is 4.79 Å². The van der Waals surface area contributed by atoms with Crippen LogP contribution in [-0.2, 0) is 0 Å². The van der Waals surface area contributed by atoms with Gasteiger partial charge in [0.15, 0.2) is 0 Å². The summed E-state index contributed by atoms with van der Waals surface area (Å²) in [6.45, 7) is 1.97. The van der Waals surface area contributed by atoms with E-state index in [0.29, 0.717) is 18.2 Å². The molecule has 2 heterocycles. The summed E-state index contributed by atoms with van der Waals surface area (Å²) >= 11 is 0. The van der Waals surface area contributed by atoms with Crippen LogP contribution in [0.1, 0.15) is 37.3 Å². The molecule has 120 valence electrons. The molecule has 0 aliphatic carbocycles. The summed E-state index contributed by atoms with van der Waals surface area (Å²) in [6.07, 6.45) is 5.16. The van der Waals surface area contributed by atoms with Crippen LogP contribution in [-0.4, -0.2) is 34.6 Å². The van der Waals surface area contributed by atoms with E-state index < -0.39 is 0 Å². The normalized spacial score (nSPS) is 17.7. The molecule has 23 heavy (non-hydrogen) atoms. The lowest BCUT2D eigenvalue weighted by Crippen LogP contribution is -2.37. The Bertz CT molecular complexity index is 795. The topological polar surface area (TPSA) is 67.1 Å². The zero-order valence-electron chi connectivity index (χ0n) is 13.1. The fraction of sp³-hybridized carbons (Fsp3) is 0.444. The van der Waals surface area contributed by atoms with Crippen LogP contribution in [0.15, 0.2) is 29.2 Å². The van der Waals surface area contributed by atoms with Gasteiger partial charge in [-0.25, -0.2) is 4.68 Å². The zero-order valence-corrected chi connectivity index (χ0v) is 13.1. The quantitative estimate of drug-likeness (QED) is 0.665. The van der Waals surface area contributed by atoms with Crippen molar-refractivity contribution in [1.82, 2.24) is 15.1 Å². The molecule has 0 saturated carbocycles. The van der Waals surface area contributed by atoms with E-state index in [1.807, 2.05) is 18.2 Å². The zero-order chi connectivity index (χ0) is 16.1. The van der Waals surface area contributed by atoms with Crippen molar-refractivity contribution in [2.75, 3.05) is 19.7 Å². The minimum absolute atomic E-state index is 0.0315. The molecule has 2 aromatic rings. The van der Waals surface area contributed by atoms with Crippen LogP contribution in [0.25, 0.3) is 10.8 Å². The number of aliphatic hydroxyl groups excluding tert-OH is 1. The third-order valence-corrected chi connectivity index (χ3v) is 4.12. The van der Waals surface area contributed by atoms with Gasteiger partial charge in [-0.15, -0.1) is 0 Å². The third kappa shape index (κ3) is 3.61. The van der Waals surface area contributed by atoms with Gasteiger partial charge >= 0.3 is 0 Å². The van der Waals surface area contributed by atoms with E-state index in [9.17, 15) is 4.79 Å². The molecule has 1 aliphatic heterocycles. The first-order valence-corrected chi connectivity index (χ1v) is 8.11. The van der Waals surface area contributed by atoms with Gasteiger partial charge in [0.05, 0.1) is 17.6 Å². The van der Waals surface area contributed by atoms with Gasteiger partial charge < -0.3 is 10.4 Å². The number of benzene rings is 1. The first-order valence-electron chi connectivity index (χ1n) is 8.11. The van der Waals surface area contributed by atoms with Gasteiger partial charge in [0, 0.05) is 30.5 Å². The van der Waals surface area contributed by atoms with Gasteiger partial charge in [0.1, 0.15) is 0 Å². The maximum atomic E-state index is 12.6. The molecule has 1 unspecified atom stereocenters. The van der Waals surface area contributed by atoms with Crippen molar-refractivity contribution in [2.45, 2.75) is 31.7 Å². The Morgan fingerprint density at radius 3 is 3.13 bits per heavy atom.